The minimum Gasteiger partial charge on any atom is -0.361 e. The van der Waals surface area contributed by atoms with Gasteiger partial charge in [-0.15, -0.1) is 0 Å². The first-order valence-corrected chi connectivity index (χ1v) is 5.89. The molecule has 4 nitrogen and oxygen atoms in total. The van der Waals surface area contributed by atoms with E-state index >= 15 is 0 Å². The van der Waals surface area contributed by atoms with E-state index < -0.39 is 11.8 Å². The predicted molar refractivity (Wildman–Crippen MR) is 73.3 cm³/mol. The second-order valence-corrected chi connectivity index (χ2v) is 4.08. The van der Waals surface area contributed by atoms with Crippen molar-refractivity contribution < 1.29 is 9.59 Å². The summed E-state index contributed by atoms with van der Waals surface area (Å²) < 4.78 is 0. The van der Waals surface area contributed by atoms with Crippen molar-refractivity contribution in [3.8, 4) is 0 Å². The molecule has 0 saturated heterocycles. The van der Waals surface area contributed by atoms with Gasteiger partial charge in [0.25, 0.3) is 0 Å². The summed E-state index contributed by atoms with van der Waals surface area (Å²) in [7, 11) is 0. The Morgan fingerprint density at radius 3 is 1.95 bits per heavy atom. The van der Waals surface area contributed by atoms with Gasteiger partial charge in [0.05, 0.1) is 6.54 Å². The standard InChI is InChI=1S/C15H14N2O2/c16-14(18)15(19)17(13-9-5-2-6-10-13)11-12-7-3-1-4-8-12/h1-10H,11H2,(H2,16,18). The third kappa shape index (κ3) is 3.19. The van der Waals surface area contributed by atoms with E-state index in [0.717, 1.165) is 5.56 Å². The summed E-state index contributed by atoms with van der Waals surface area (Å²) in [6, 6.07) is 18.4. The lowest BCUT2D eigenvalue weighted by molar-refractivity contribution is -0.135. The highest BCUT2D eigenvalue weighted by molar-refractivity contribution is 6.39. The minimum atomic E-state index is -0.959. The molecule has 0 unspecified atom stereocenters. The summed E-state index contributed by atoms with van der Waals surface area (Å²) in [5.41, 5.74) is 6.68. The van der Waals surface area contributed by atoms with Gasteiger partial charge < -0.3 is 5.73 Å². The van der Waals surface area contributed by atoms with Crippen LogP contribution in [0.5, 0.6) is 0 Å². The highest BCUT2D eigenvalue weighted by atomic mass is 16.2. The van der Waals surface area contributed by atoms with E-state index in [1.165, 1.54) is 4.90 Å². The molecule has 2 aromatic rings. The predicted octanol–water partition coefficient (Wildman–Crippen LogP) is 1.71. The number of para-hydroxylation sites is 1. The molecule has 0 fully saturated rings. The van der Waals surface area contributed by atoms with Gasteiger partial charge in [0.15, 0.2) is 0 Å². The first kappa shape index (κ1) is 12.8. The molecule has 96 valence electrons. The van der Waals surface area contributed by atoms with Crippen LogP contribution in [0.4, 0.5) is 5.69 Å². The van der Waals surface area contributed by atoms with Crippen molar-refractivity contribution in [3.63, 3.8) is 0 Å². The summed E-state index contributed by atoms with van der Waals surface area (Å²) in [5, 5.41) is 0. The van der Waals surface area contributed by atoms with Crippen molar-refractivity contribution >= 4 is 17.5 Å². The Bertz CT molecular complexity index is 567. The van der Waals surface area contributed by atoms with Crippen LogP contribution in [0.2, 0.25) is 0 Å². The number of carbonyl (C=O) groups is 2. The van der Waals surface area contributed by atoms with Crippen LogP contribution in [-0.2, 0) is 16.1 Å². The van der Waals surface area contributed by atoms with Crippen molar-refractivity contribution in [2.45, 2.75) is 6.54 Å². The Kier molecular flexibility index (Phi) is 3.93. The Morgan fingerprint density at radius 1 is 0.895 bits per heavy atom. The maximum atomic E-state index is 11.9. The molecule has 2 rings (SSSR count). The number of anilines is 1. The van der Waals surface area contributed by atoms with Crippen LogP contribution in [0, 0.1) is 0 Å². The van der Waals surface area contributed by atoms with Crippen LogP contribution in [0.1, 0.15) is 5.56 Å². The van der Waals surface area contributed by atoms with Crippen molar-refractivity contribution in [1.29, 1.82) is 0 Å². The van der Waals surface area contributed by atoms with Crippen LogP contribution in [-0.4, -0.2) is 11.8 Å². The monoisotopic (exact) mass is 254 g/mol. The molecule has 0 aliphatic carbocycles. The Hall–Kier alpha value is -2.62. The molecule has 0 bridgehead atoms. The molecule has 4 heteroatoms. The van der Waals surface area contributed by atoms with E-state index in [-0.39, 0.29) is 0 Å². The minimum absolute atomic E-state index is 0.312. The van der Waals surface area contributed by atoms with Crippen LogP contribution >= 0.6 is 0 Å². The maximum absolute atomic E-state index is 11.9. The molecular weight excluding hydrogens is 240 g/mol. The smallest absolute Gasteiger partial charge is 0.316 e. The fourth-order valence-electron chi connectivity index (χ4n) is 1.79. The highest BCUT2D eigenvalue weighted by Crippen LogP contribution is 2.16. The van der Waals surface area contributed by atoms with Gasteiger partial charge in [-0.25, -0.2) is 0 Å². The van der Waals surface area contributed by atoms with E-state index in [1.54, 1.807) is 12.1 Å². The number of rotatable bonds is 3. The second-order valence-electron chi connectivity index (χ2n) is 4.08. The fraction of sp³-hybridized carbons (Fsp3) is 0.0667. The summed E-state index contributed by atoms with van der Waals surface area (Å²) in [4.78, 5) is 24.4. The molecule has 0 spiro atoms. The average molecular weight is 254 g/mol. The normalized spacial score (nSPS) is 9.89. The number of benzene rings is 2. The number of amides is 2. The quantitative estimate of drug-likeness (QED) is 0.847. The molecule has 19 heavy (non-hydrogen) atoms. The lowest BCUT2D eigenvalue weighted by Gasteiger charge is -2.21. The zero-order chi connectivity index (χ0) is 13.7. The first-order chi connectivity index (χ1) is 9.18. The van der Waals surface area contributed by atoms with Crippen LogP contribution in [0.3, 0.4) is 0 Å². The molecule has 2 amide bonds. The lowest BCUT2D eigenvalue weighted by atomic mass is 10.2. The topological polar surface area (TPSA) is 63.4 Å². The molecule has 2 aromatic carbocycles. The van der Waals surface area contributed by atoms with Gasteiger partial charge in [0.1, 0.15) is 0 Å². The summed E-state index contributed by atoms with van der Waals surface area (Å²) in [6.07, 6.45) is 0. The zero-order valence-corrected chi connectivity index (χ0v) is 10.3. The molecule has 0 aliphatic rings. The molecule has 2 N–H and O–H groups in total. The van der Waals surface area contributed by atoms with E-state index in [1.807, 2.05) is 48.5 Å². The molecule has 0 heterocycles. The van der Waals surface area contributed by atoms with Crippen molar-refractivity contribution in [1.82, 2.24) is 0 Å². The highest BCUT2D eigenvalue weighted by Gasteiger charge is 2.20. The molecule has 0 saturated carbocycles. The molecule has 0 aromatic heterocycles. The molecule has 0 atom stereocenters. The molecule has 0 aliphatic heterocycles. The van der Waals surface area contributed by atoms with Crippen LogP contribution in [0.25, 0.3) is 0 Å². The third-order valence-corrected chi connectivity index (χ3v) is 2.71. The SMILES string of the molecule is NC(=O)C(=O)N(Cc1ccccc1)c1ccccc1. The van der Waals surface area contributed by atoms with Gasteiger partial charge in [-0.05, 0) is 17.7 Å². The second kappa shape index (κ2) is 5.82. The number of hydrogen-bond donors (Lipinski definition) is 1. The van der Waals surface area contributed by atoms with Crippen molar-refractivity contribution in [3.05, 3.63) is 66.2 Å². The van der Waals surface area contributed by atoms with Gasteiger partial charge in [-0.2, -0.15) is 0 Å². The number of primary amides is 1. The summed E-state index contributed by atoms with van der Waals surface area (Å²) >= 11 is 0. The zero-order valence-electron chi connectivity index (χ0n) is 10.3. The lowest BCUT2D eigenvalue weighted by Crippen LogP contribution is -2.40. The molecular formula is C15H14N2O2. The Labute approximate surface area is 111 Å². The van der Waals surface area contributed by atoms with Gasteiger partial charge in [0, 0.05) is 5.69 Å². The van der Waals surface area contributed by atoms with Gasteiger partial charge in [-0.3, -0.25) is 14.5 Å². The van der Waals surface area contributed by atoms with E-state index in [0.29, 0.717) is 12.2 Å². The largest absolute Gasteiger partial charge is 0.361 e. The summed E-state index contributed by atoms with van der Waals surface area (Å²) in [5.74, 6) is -1.67. The van der Waals surface area contributed by atoms with Crippen LogP contribution in [0.15, 0.2) is 60.7 Å². The first-order valence-electron chi connectivity index (χ1n) is 5.89. The third-order valence-electron chi connectivity index (χ3n) is 2.71. The number of nitrogens with zero attached hydrogens (tertiary/aromatic N) is 1. The van der Waals surface area contributed by atoms with Crippen molar-refractivity contribution in [2.24, 2.45) is 5.73 Å². The van der Waals surface area contributed by atoms with E-state index in [2.05, 4.69) is 0 Å². The van der Waals surface area contributed by atoms with E-state index in [4.69, 9.17) is 5.73 Å². The van der Waals surface area contributed by atoms with Gasteiger partial charge in [0.2, 0.25) is 0 Å². The van der Waals surface area contributed by atoms with Gasteiger partial charge in [-0.1, -0.05) is 48.5 Å². The van der Waals surface area contributed by atoms with Crippen LogP contribution < -0.4 is 10.6 Å². The maximum Gasteiger partial charge on any atom is 0.316 e. The number of hydrogen-bond acceptors (Lipinski definition) is 2. The summed E-state index contributed by atoms with van der Waals surface area (Å²) in [6.45, 7) is 0.312. The number of carbonyl (C=O) groups excluding carboxylic acids is 2. The Morgan fingerprint density at radius 2 is 1.42 bits per heavy atom. The van der Waals surface area contributed by atoms with Gasteiger partial charge >= 0.3 is 11.8 Å². The number of nitrogens with two attached hydrogens (primary N) is 1. The van der Waals surface area contributed by atoms with Crippen molar-refractivity contribution in [2.75, 3.05) is 4.90 Å². The average Bonchev–Trinajstić information content (AvgIpc) is 2.46. The fourth-order valence-corrected chi connectivity index (χ4v) is 1.79. The molecule has 0 radical (unpaired) electrons. The Balaban J connectivity index is 2.30. The van der Waals surface area contributed by atoms with E-state index in [9.17, 15) is 9.59 Å².